The predicted octanol–water partition coefficient (Wildman–Crippen LogP) is 2.76. The molecule has 1 fully saturated rings. The molecule has 126 valence electrons. The molecule has 25 heavy (non-hydrogen) atoms. The molecule has 0 aliphatic heterocycles. The van der Waals surface area contributed by atoms with E-state index in [1.54, 1.807) is 31.2 Å². The second-order valence-electron chi connectivity index (χ2n) is 6.21. The fraction of sp³-hybridized carbons (Fsp3) is 0.222. The number of hydrogen-bond donors (Lipinski definition) is 2. The summed E-state index contributed by atoms with van der Waals surface area (Å²) in [6.45, 7) is 1.78. The van der Waals surface area contributed by atoms with Crippen molar-refractivity contribution in [1.82, 2.24) is 10.1 Å². The molecule has 4 rings (SSSR count). The zero-order chi connectivity index (χ0) is 17.6. The quantitative estimate of drug-likeness (QED) is 0.761. The van der Waals surface area contributed by atoms with Crippen LogP contribution >= 0.6 is 0 Å². The van der Waals surface area contributed by atoms with Crippen LogP contribution in [-0.4, -0.2) is 22.0 Å². The number of aromatic nitrogens is 2. The van der Waals surface area contributed by atoms with E-state index >= 15 is 0 Å². The highest BCUT2D eigenvalue weighted by Crippen LogP contribution is 2.40. The summed E-state index contributed by atoms with van der Waals surface area (Å²) in [5, 5.41) is 7.38. The van der Waals surface area contributed by atoms with Crippen molar-refractivity contribution < 1.29 is 14.1 Å². The SMILES string of the molecule is Cc1noc2nc(C3CC3)cc(C(=O)Nc3ccc(C(N)=O)cc3)c12. The van der Waals surface area contributed by atoms with Crippen LogP contribution in [0.1, 0.15) is 50.9 Å². The minimum atomic E-state index is -0.511. The van der Waals surface area contributed by atoms with Crippen LogP contribution in [0.5, 0.6) is 0 Å². The molecule has 1 saturated carbocycles. The van der Waals surface area contributed by atoms with Gasteiger partial charge in [0.1, 0.15) is 0 Å². The lowest BCUT2D eigenvalue weighted by molar-refractivity contribution is 0.0998. The first-order chi connectivity index (χ1) is 12.0. The van der Waals surface area contributed by atoms with Gasteiger partial charge in [0, 0.05) is 22.9 Å². The minimum Gasteiger partial charge on any atom is -0.366 e. The smallest absolute Gasteiger partial charge is 0.259 e. The summed E-state index contributed by atoms with van der Waals surface area (Å²) in [6, 6.07) is 8.23. The zero-order valence-corrected chi connectivity index (χ0v) is 13.6. The van der Waals surface area contributed by atoms with Crippen molar-refractivity contribution in [3.63, 3.8) is 0 Å². The Kier molecular flexibility index (Phi) is 3.49. The van der Waals surface area contributed by atoms with Crippen molar-refractivity contribution in [3.05, 3.63) is 52.8 Å². The second-order valence-corrected chi connectivity index (χ2v) is 6.21. The first-order valence-corrected chi connectivity index (χ1v) is 8.01. The Morgan fingerprint density at radius 2 is 1.96 bits per heavy atom. The average molecular weight is 336 g/mol. The monoisotopic (exact) mass is 336 g/mol. The van der Waals surface area contributed by atoms with E-state index in [-0.39, 0.29) is 5.91 Å². The number of carbonyl (C=O) groups is 2. The van der Waals surface area contributed by atoms with Gasteiger partial charge in [0.15, 0.2) is 0 Å². The van der Waals surface area contributed by atoms with Crippen LogP contribution in [0, 0.1) is 6.92 Å². The first-order valence-electron chi connectivity index (χ1n) is 8.01. The third kappa shape index (κ3) is 2.84. The molecule has 7 heteroatoms. The summed E-state index contributed by atoms with van der Waals surface area (Å²) in [5.74, 6) is -0.397. The summed E-state index contributed by atoms with van der Waals surface area (Å²) < 4.78 is 5.26. The molecule has 1 aromatic carbocycles. The minimum absolute atomic E-state index is 0.271. The van der Waals surface area contributed by atoms with Crippen molar-refractivity contribution in [2.75, 3.05) is 5.32 Å². The van der Waals surface area contributed by atoms with Crippen LogP contribution in [0.25, 0.3) is 11.1 Å². The normalized spacial score (nSPS) is 13.8. The first kappa shape index (κ1) is 15.3. The van der Waals surface area contributed by atoms with Gasteiger partial charge in [-0.1, -0.05) is 5.16 Å². The summed E-state index contributed by atoms with van der Waals surface area (Å²) in [4.78, 5) is 28.4. The molecule has 7 nitrogen and oxygen atoms in total. The maximum Gasteiger partial charge on any atom is 0.259 e. The topological polar surface area (TPSA) is 111 Å². The highest BCUT2D eigenvalue weighted by atomic mass is 16.5. The van der Waals surface area contributed by atoms with Crippen molar-refractivity contribution >= 4 is 28.6 Å². The summed E-state index contributed by atoms with van der Waals surface area (Å²) in [5.41, 5.74) is 8.54. The van der Waals surface area contributed by atoms with Crippen LogP contribution in [0.15, 0.2) is 34.9 Å². The molecule has 0 spiro atoms. The number of nitrogens with zero attached hydrogens (tertiary/aromatic N) is 2. The molecule has 1 aliphatic rings. The Morgan fingerprint density at radius 3 is 2.60 bits per heavy atom. The number of primary amides is 1. The molecule has 3 aromatic rings. The van der Waals surface area contributed by atoms with Crippen LogP contribution in [0.2, 0.25) is 0 Å². The van der Waals surface area contributed by atoms with Gasteiger partial charge in [-0.05, 0) is 50.1 Å². The van der Waals surface area contributed by atoms with Crippen molar-refractivity contribution in [2.45, 2.75) is 25.7 Å². The molecule has 0 atom stereocenters. The van der Waals surface area contributed by atoms with Gasteiger partial charge in [-0.25, -0.2) is 4.98 Å². The Hall–Kier alpha value is -3.22. The van der Waals surface area contributed by atoms with E-state index in [2.05, 4.69) is 15.5 Å². The highest BCUT2D eigenvalue weighted by Gasteiger charge is 2.28. The Labute approximate surface area is 143 Å². The molecule has 0 bridgehead atoms. The van der Waals surface area contributed by atoms with Gasteiger partial charge in [0.25, 0.3) is 11.6 Å². The zero-order valence-electron chi connectivity index (χ0n) is 13.6. The number of hydrogen-bond acceptors (Lipinski definition) is 5. The molecular weight excluding hydrogens is 320 g/mol. The standard InChI is InChI=1S/C18H16N4O3/c1-9-15-13(8-14(10-2-3-10)21-18(15)25-22-9)17(24)20-12-6-4-11(5-7-12)16(19)23/h4-8,10H,2-3H2,1H3,(H2,19,23)(H,20,24). The van der Waals surface area contributed by atoms with E-state index in [4.69, 9.17) is 10.3 Å². The Balaban J connectivity index is 1.69. The summed E-state index contributed by atoms with van der Waals surface area (Å²) >= 11 is 0. The Morgan fingerprint density at radius 1 is 1.24 bits per heavy atom. The van der Waals surface area contributed by atoms with E-state index in [1.165, 1.54) is 0 Å². The number of pyridine rings is 1. The Bertz CT molecular complexity index is 987. The van der Waals surface area contributed by atoms with Crippen LogP contribution in [-0.2, 0) is 0 Å². The molecule has 3 N–H and O–H groups in total. The maximum atomic E-state index is 12.8. The number of amides is 2. The fourth-order valence-corrected chi connectivity index (χ4v) is 2.80. The third-order valence-corrected chi connectivity index (χ3v) is 4.30. The summed E-state index contributed by atoms with van der Waals surface area (Å²) in [7, 11) is 0. The number of anilines is 1. The number of rotatable bonds is 4. The van der Waals surface area contributed by atoms with Crippen molar-refractivity contribution in [1.29, 1.82) is 0 Å². The molecule has 2 heterocycles. The lowest BCUT2D eigenvalue weighted by Gasteiger charge is -2.08. The predicted molar refractivity (Wildman–Crippen MR) is 91.4 cm³/mol. The number of aryl methyl sites for hydroxylation is 1. The number of benzene rings is 1. The van der Waals surface area contributed by atoms with E-state index in [0.29, 0.717) is 39.5 Å². The van der Waals surface area contributed by atoms with Gasteiger partial charge in [-0.3, -0.25) is 9.59 Å². The lowest BCUT2D eigenvalue weighted by atomic mass is 10.1. The van der Waals surface area contributed by atoms with E-state index < -0.39 is 5.91 Å². The van der Waals surface area contributed by atoms with E-state index in [9.17, 15) is 9.59 Å². The molecule has 2 aromatic heterocycles. The number of fused-ring (bicyclic) bond motifs is 1. The highest BCUT2D eigenvalue weighted by molar-refractivity contribution is 6.12. The molecule has 2 amide bonds. The largest absolute Gasteiger partial charge is 0.366 e. The summed E-state index contributed by atoms with van der Waals surface area (Å²) in [6.07, 6.45) is 2.14. The van der Waals surface area contributed by atoms with Gasteiger partial charge in [0.05, 0.1) is 16.6 Å². The van der Waals surface area contributed by atoms with Crippen LogP contribution in [0.4, 0.5) is 5.69 Å². The van der Waals surface area contributed by atoms with Gasteiger partial charge < -0.3 is 15.6 Å². The molecule has 0 radical (unpaired) electrons. The molecule has 0 saturated heterocycles. The number of nitrogens with one attached hydrogen (secondary N) is 1. The van der Waals surface area contributed by atoms with E-state index in [0.717, 1.165) is 18.5 Å². The van der Waals surface area contributed by atoms with Gasteiger partial charge in [-0.2, -0.15) is 0 Å². The lowest BCUT2D eigenvalue weighted by Crippen LogP contribution is -2.14. The van der Waals surface area contributed by atoms with Crippen molar-refractivity contribution in [2.24, 2.45) is 5.73 Å². The van der Waals surface area contributed by atoms with Crippen LogP contribution < -0.4 is 11.1 Å². The molecular formula is C18H16N4O3. The molecule has 1 aliphatic carbocycles. The molecule has 0 unspecified atom stereocenters. The van der Waals surface area contributed by atoms with Gasteiger partial charge >= 0.3 is 0 Å². The maximum absolute atomic E-state index is 12.8. The van der Waals surface area contributed by atoms with Crippen LogP contribution in [0.3, 0.4) is 0 Å². The second kappa shape index (κ2) is 5.70. The third-order valence-electron chi connectivity index (χ3n) is 4.30. The average Bonchev–Trinajstić information content (AvgIpc) is 3.38. The van der Waals surface area contributed by atoms with Crippen molar-refractivity contribution in [3.8, 4) is 0 Å². The fourth-order valence-electron chi connectivity index (χ4n) is 2.80. The van der Waals surface area contributed by atoms with Gasteiger partial charge in [0.2, 0.25) is 5.91 Å². The number of carbonyl (C=O) groups excluding carboxylic acids is 2. The number of nitrogens with two attached hydrogens (primary N) is 1. The van der Waals surface area contributed by atoms with E-state index in [1.807, 2.05) is 6.07 Å². The van der Waals surface area contributed by atoms with Gasteiger partial charge in [-0.15, -0.1) is 0 Å².